The second-order valence-corrected chi connectivity index (χ2v) is 4.66. The number of nitrogens with zero attached hydrogens (tertiary/aromatic N) is 2. The first kappa shape index (κ1) is 9.85. The number of aromatic amines is 1. The van der Waals surface area contributed by atoms with E-state index in [9.17, 15) is 0 Å². The Labute approximate surface area is 95.5 Å². The molecule has 16 heavy (non-hydrogen) atoms. The molecule has 83 valence electrons. The number of rotatable bonds is 1. The van der Waals surface area contributed by atoms with E-state index in [-0.39, 0.29) is 0 Å². The quantitative estimate of drug-likeness (QED) is 0.789. The second kappa shape index (κ2) is 3.91. The molecule has 1 aromatic heterocycles. The summed E-state index contributed by atoms with van der Waals surface area (Å²) < 4.78 is 0. The predicted octanol–water partition coefficient (Wildman–Crippen LogP) is 2.17. The van der Waals surface area contributed by atoms with Crippen LogP contribution in [0.15, 0.2) is 18.2 Å². The van der Waals surface area contributed by atoms with Gasteiger partial charge in [0.1, 0.15) is 0 Å². The summed E-state index contributed by atoms with van der Waals surface area (Å²) in [6, 6.07) is 9.16. The van der Waals surface area contributed by atoms with Gasteiger partial charge in [-0.2, -0.15) is 5.10 Å². The SMILES string of the molecule is CN1CCC(c2n[nH]c3cc[c]cc23)CC1. The van der Waals surface area contributed by atoms with Gasteiger partial charge in [-0.15, -0.1) is 0 Å². The fourth-order valence-electron chi connectivity index (χ4n) is 2.51. The summed E-state index contributed by atoms with van der Waals surface area (Å²) in [6.45, 7) is 2.35. The first-order valence-corrected chi connectivity index (χ1v) is 5.87. The highest BCUT2D eigenvalue weighted by Gasteiger charge is 2.22. The normalized spacial score (nSPS) is 19.3. The van der Waals surface area contributed by atoms with Crippen LogP contribution in [0.4, 0.5) is 0 Å². The maximum Gasteiger partial charge on any atom is 0.0732 e. The lowest BCUT2D eigenvalue weighted by Crippen LogP contribution is -2.29. The maximum atomic E-state index is 4.48. The monoisotopic (exact) mass is 214 g/mol. The molecule has 1 aromatic carbocycles. The van der Waals surface area contributed by atoms with Gasteiger partial charge in [0.25, 0.3) is 0 Å². The summed E-state index contributed by atoms with van der Waals surface area (Å²) in [7, 11) is 2.19. The molecule has 1 radical (unpaired) electrons. The summed E-state index contributed by atoms with van der Waals surface area (Å²) in [5.74, 6) is 0.612. The van der Waals surface area contributed by atoms with Gasteiger partial charge in [0.2, 0.25) is 0 Å². The van der Waals surface area contributed by atoms with Crippen LogP contribution in [0.3, 0.4) is 0 Å². The molecule has 1 N–H and O–H groups in total. The number of benzene rings is 1. The minimum atomic E-state index is 0.612. The molecule has 0 atom stereocenters. The molecule has 0 unspecified atom stereocenters. The summed E-state index contributed by atoms with van der Waals surface area (Å²) in [6.07, 6.45) is 2.43. The Hall–Kier alpha value is -1.35. The van der Waals surface area contributed by atoms with Crippen LogP contribution in [0.25, 0.3) is 10.9 Å². The van der Waals surface area contributed by atoms with Crippen molar-refractivity contribution >= 4 is 10.9 Å². The molecule has 0 aliphatic carbocycles. The van der Waals surface area contributed by atoms with Gasteiger partial charge in [-0.05, 0) is 51.2 Å². The number of fused-ring (bicyclic) bond motifs is 1. The van der Waals surface area contributed by atoms with Crippen molar-refractivity contribution in [3.05, 3.63) is 30.0 Å². The first-order chi connectivity index (χ1) is 7.84. The third-order valence-corrected chi connectivity index (χ3v) is 3.54. The van der Waals surface area contributed by atoms with Crippen LogP contribution in [0.5, 0.6) is 0 Å². The fraction of sp³-hybridized carbons (Fsp3) is 0.462. The molecule has 3 rings (SSSR count). The molecule has 1 aliphatic heterocycles. The van der Waals surface area contributed by atoms with Crippen LogP contribution in [0, 0.1) is 6.07 Å². The molecular weight excluding hydrogens is 198 g/mol. The second-order valence-electron chi connectivity index (χ2n) is 4.66. The highest BCUT2D eigenvalue weighted by molar-refractivity contribution is 5.81. The number of aromatic nitrogens is 2. The molecule has 1 saturated heterocycles. The van der Waals surface area contributed by atoms with Gasteiger partial charge in [0.05, 0.1) is 11.2 Å². The largest absolute Gasteiger partial charge is 0.306 e. The zero-order valence-electron chi connectivity index (χ0n) is 9.53. The van der Waals surface area contributed by atoms with E-state index in [1.165, 1.54) is 37.0 Å². The number of hydrogen-bond donors (Lipinski definition) is 1. The van der Waals surface area contributed by atoms with Crippen molar-refractivity contribution < 1.29 is 0 Å². The summed E-state index contributed by atoms with van der Waals surface area (Å²) in [4.78, 5) is 2.39. The third-order valence-electron chi connectivity index (χ3n) is 3.54. The highest BCUT2D eigenvalue weighted by Crippen LogP contribution is 2.30. The molecule has 2 heterocycles. The van der Waals surface area contributed by atoms with Gasteiger partial charge in [-0.3, -0.25) is 5.10 Å². The average Bonchev–Trinajstić information content (AvgIpc) is 2.74. The van der Waals surface area contributed by atoms with Gasteiger partial charge in [0.15, 0.2) is 0 Å². The number of nitrogens with one attached hydrogen (secondary N) is 1. The van der Waals surface area contributed by atoms with Gasteiger partial charge in [0, 0.05) is 11.3 Å². The molecule has 0 spiro atoms. The Morgan fingerprint density at radius 2 is 2.25 bits per heavy atom. The van der Waals surface area contributed by atoms with E-state index in [4.69, 9.17) is 0 Å². The molecule has 1 fully saturated rings. The molecule has 3 nitrogen and oxygen atoms in total. The Kier molecular flexibility index (Phi) is 2.40. The van der Waals surface area contributed by atoms with Gasteiger partial charge < -0.3 is 4.90 Å². The lowest BCUT2D eigenvalue weighted by atomic mass is 9.92. The van der Waals surface area contributed by atoms with E-state index in [2.05, 4.69) is 28.2 Å². The smallest absolute Gasteiger partial charge is 0.0732 e. The van der Waals surface area contributed by atoms with Crippen molar-refractivity contribution in [3.8, 4) is 0 Å². The minimum Gasteiger partial charge on any atom is -0.306 e. The van der Waals surface area contributed by atoms with E-state index in [1.54, 1.807) is 0 Å². The zero-order chi connectivity index (χ0) is 11.0. The standard InChI is InChI=1S/C13H16N3/c1-16-8-6-10(7-9-16)13-11-4-2-3-5-12(11)14-15-13/h3-5,10H,6-9H2,1H3,(H,14,15). The van der Waals surface area contributed by atoms with Crippen LogP contribution in [0.1, 0.15) is 24.5 Å². The topological polar surface area (TPSA) is 31.9 Å². The molecule has 3 heteroatoms. The number of hydrogen-bond acceptors (Lipinski definition) is 2. The van der Waals surface area contributed by atoms with E-state index in [0.717, 1.165) is 5.52 Å². The molecule has 0 saturated carbocycles. The predicted molar refractivity (Wildman–Crippen MR) is 64.4 cm³/mol. The minimum absolute atomic E-state index is 0.612. The fourth-order valence-corrected chi connectivity index (χ4v) is 2.51. The van der Waals surface area contributed by atoms with Crippen molar-refractivity contribution in [2.24, 2.45) is 0 Å². The Balaban J connectivity index is 1.94. The van der Waals surface area contributed by atoms with Crippen LogP contribution >= 0.6 is 0 Å². The van der Waals surface area contributed by atoms with Gasteiger partial charge >= 0.3 is 0 Å². The molecule has 2 aromatic rings. The van der Waals surface area contributed by atoms with Crippen molar-refractivity contribution in [1.29, 1.82) is 0 Å². The van der Waals surface area contributed by atoms with Crippen molar-refractivity contribution in [1.82, 2.24) is 15.1 Å². The number of H-pyrrole nitrogens is 1. The zero-order valence-corrected chi connectivity index (χ0v) is 9.53. The summed E-state index contributed by atoms with van der Waals surface area (Å²) >= 11 is 0. The summed E-state index contributed by atoms with van der Waals surface area (Å²) in [5, 5.41) is 8.84. The van der Waals surface area contributed by atoms with E-state index >= 15 is 0 Å². The van der Waals surface area contributed by atoms with Crippen molar-refractivity contribution in [2.45, 2.75) is 18.8 Å². The highest BCUT2D eigenvalue weighted by atomic mass is 15.1. The van der Waals surface area contributed by atoms with Gasteiger partial charge in [-0.25, -0.2) is 0 Å². The first-order valence-electron chi connectivity index (χ1n) is 5.87. The third kappa shape index (κ3) is 1.61. The van der Waals surface area contributed by atoms with Crippen LogP contribution in [-0.2, 0) is 0 Å². The number of piperidine rings is 1. The Morgan fingerprint density at radius 1 is 1.44 bits per heavy atom. The van der Waals surface area contributed by atoms with E-state index < -0.39 is 0 Å². The van der Waals surface area contributed by atoms with Crippen LogP contribution < -0.4 is 0 Å². The molecule has 0 bridgehead atoms. The van der Waals surface area contributed by atoms with Gasteiger partial charge in [-0.1, -0.05) is 6.07 Å². The van der Waals surface area contributed by atoms with E-state index in [1.807, 2.05) is 18.2 Å². The summed E-state index contributed by atoms with van der Waals surface area (Å²) in [5.41, 5.74) is 2.37. The van der Waals surface area contributed by atoms with E-state index in [0.29, 0.717) is 5.92 Å². The van der Waals surface area contributed by atoms with Crippen LogP contribution in [-0.4, -0.2) is 35.2 Å². The Morgan fingerprint density at radius 3 is 3.06 bits per heavy atom. The lowest BCUT2D eigenvalue weighted by Gasteiger charge is -2.27. The van der Waals surface area contributed by atoms with Crippen molar-refractivity contribution in [2.75, 3.05) is 20.1 Å². The molecule has 0 amide bonds. The number of likely N-dealkylation sites (tertiary alicyclic amines) is 1. The maximum absolute atomic E-state index is 4.48. The molecular formula is C13H16N3. The lowest BCUT2D eigenvalue weighted by molar-refractivity contribution is 0.254. The molecule has 1 aliphatic rings. The van der Waals surface area contributed by atoms with Crippen molar-refractivity contribution in [3.63, 3.8) is 0 Å². The Bertz CT molecular complexity index is 481. The van der Waals surface area contributed by atoms with Crippen LogP contribution in [0.2, 0.25) is 0 Å². The average molecular weight is 214 g/mol.